The first-order chi connectivity index (χ1) is 7.69. The van der Waals surface area contributed by atoms with Crippen molar-refractivity contribution in [3.8, 4) is 0 Å². The topological polar surface area (TPSA) is 43.7 Å². The van der Waals surface area contributed by atoms with Crippen molar-refractivity contribution in [1.82, 2.24) is 4.90 Å². The predicted octanol–water partition coefficient (Wildman–Crippen LogP) is 1.49. The van der Waals surface area contributed by atoms with Crippen LogP contribution in [-0.2, 0) is 0 Å². The van der Waals surface area contributed by atoms with Crippen LogP contribution in [0.5, 0.6) is 0 Å². The molecular formula is C13H27NO2. The van der Waals surface area contributed by atoms with Gasteiger partial charge in [0.1, 0.15) is 0 Å². The number of hydrogen-bond acceptors (Lipinski definition) is 3. The van der Waals surface area contributed by atoms with Gasteiger partial charge in [0.2, 0.25) is 0 Å². The van der Waals surface area contributed by atoms with Crippen LogP contribution >= 0.6 is 0 Å². The van der Waals surface area contributed by atoms with E-state index < -0.39 is 0 Å². The fourth-order valence-corrected chi connectivity index (χ4v) is 2.55. The number of rotatable bonds is 6. The molecule has 3 nitrogen and oxygen atoms in total. The molecule has 1 aliphatic rings. The van der Waals surface area contributed by atoms with Gasteiger partial charge in [-0.05, 0) is 44.7 Å². The van der Waals surface area contributed by atoms with Gasteiger partial charge in [0.05, 0.1) is 0 Å². The number of hydrogen-bond donors (Lipinski definition) is 2. The summed E-state index contributed by atoms with van der Waals surface area (Å²) in [6, 6.07) is 0. The van der Waals surface area contributed by atoms with Crippen LogP contribution in [0.1, 0.15) is 39.5 Å². The van der Waals surface area contributed by atoms with Crippen molar-refractivity contribution in [3.05, 3.63) is 0 Å². The van der Waals surface area contributed by atoms with E-state index in [1.165, 1.54) is 0 Å². The molecule has 1 rings (SSSR count). The molecule has 0 spiro atoms. The monoisotopic (exact) mass is 229 g/mol. The Bertz CT molecular complexity index is 176. The number of likely N-dealkylation sites (tertiary alicyclic amines) is 1. The Labute approximate surface area is 99.5 Å². The number of nitrogens with zero attached hydrogens (tertiary/aromatic N) is 1. The normalized spacial score (nSPS) is 20.2. The van der Waals surface area contributed by atoms with Crippen molar-refractivity contribution in [2.45, 2.75) is 39.5 Å². The Balaban J connectivity index is 2.42. The highest BCUT2D eigenvalue weighted by Gasteiger charge is 2.29. The van der Waals surface area contributed by atoms with Crippen molar-refractivity contribution >= 4 is 0 Å². The summed E-state index contributed by atoms with van der Waals surface area (Å²) in [6.45, 7) is 8.12. The van der Waals surface area contributed by atoms with Crippen molar-refractivity contribution in [3.63, 3.8) is 0 Å². The fourth-order valence-electron chi connectivity index (χ4n) is 2.55. The maximum Gasteiger partial charge on any atom is 0.0499 e. The van der Waals surface area contributed by atoms with E-state index in [9.17, 15) is 5.11 Å². The molecule has 0 amide bonds. The van der Waals surface area contributed by atoms with Gasteiger partial charge in [-0.3, -0.25) is 0 Å². The molecular weight excluding hydrogens is 202 g/mol. The SMILES string of the molecule is CCC(CC)(CO)CN1CCC(CO)CC1. The molecule has 1 fully saturated rings. The molecule has 0 aromatic heterocycles. The van der Waals surface area contributed by atoms with Crippen LogP contribution in [0.2, 0.25) is 0 Å². The van der Waals surface area contributed by atoms with Crippen LogP contribution in [0.25, 0.3) is 0 Å². The van der Waals surface area contributed by atoms with E-state index in [-0.39, 0.29) is 5.41 Å². The molecule has 0 aliphatic carbocycles. The number of aliphatic hydroxyl groups excluding tert-OH is 2. The summed E-state index contributed by atoms with van der Waals surface area (Å²) in [5, 5.41) is 18.6. The van der Waals surface area contributed by atoms with E-state index in [1.807, 2.05) is 0 Å². The van der Waals surface area contributed by atoms with Gasteiger partial charge in [-0.1, -0.05) is 13.8 Å². The molecule has 0 unspecified atom stereocenters. The van der Waals surface area contributed by atoms with Gasteiger partial charge in [0.15, 0.2) is 0 Å². The van der Waals surface area contributed by atoms with Gasteiger partial charge in [-0.2, -0.15) is 0 Å². The first-order valence-corrected chi connectivity index (χ1v) is 6.63. The molecule has 0 radical (unpaired) electrons. The molecule has 2 N–H and O–H groups in total. The maximum absolute atomic E-state index is 9.54. The molecule has 1 saturated heterocycles. The van der Waals surface area contributed by atoms with E-state index in [0.717, 1.165) is 45.3 Å². The molecule has 3 heteroatoms. The molecule has 16 heavy (non-hydrogen) atoms. The summed E-state index contributed by atoms with van der Waals surface area (Å²) >= 11 is 0. The summed E-state index contributed by atoms with van der Waals surface area (Å²) in [5.74, 6) is 0.503. The Hall–Kier alpha value is -0.120. The summed E-state index contributed by atoms with van der Waals surface area (Å²) in [4.78, 5) is 2.45. The van der Waals surface area contributed by atoms with E-state index in [2.05, 4.69) is 18.7 Å². The zero-order valence-electron chi connectivity index (χ0n) is 10.8. The Morgan fingerprint density at radius 3 is 2.06 bits per heavy atom. The van der Waals surface area contributed by atoms with Crippen molar-refractivity contribution in [2.75, 3.05) is 32.8 Å². The first-order valence-electron chi connectivity index (χ1n) is 6.63. The molecule has 1 aliphatic heterocycles. The van der Waals surface area contributed by atoms with Gasteiger partial charge in [-0.15, -0.1) is 0 Å². The first kappa shape index (κ1) is 13.9. The highest BCUT2D eigenvalue weighted by molar-refractivity contribution is 4.82. The minimum atomic E-state index is 0.0893. The lowest BCUT2D eigenvalue weighted by atomic mass is 9.82. The van der Waals surface area contributed by atoms with Crippen LogP contribution in [0.15, 0.2) is 0 Å². The molecule has 0 aromatic carbocycles. The largest absolute Gasteiger partial charge is 0.396 e. The molecule has 0 aromatic rings. The summed E-state index contributed by atoms with van der Waals surface area (Å²) in [5.41, 5.74) is 0.0893. The molecule has 1 heterocycles. The summed E-state index contributed by atoms with van der Waals surface area (Å²) in [7, 11) is 0. The Morgan fingerprint density at radius 2 is 1.69 bits per heavy atom. The third-order valence-electron chi connectivity index (χ3n) is 4.36. The van der Waals surface area contributed by atoms with Gasteiger partial charge in [0.25, 0.3) is 0 Å². The number of aliphatic hydroxyl groups is 2. The zero-order chi connectivity index (χ0) is 12.0. The predicted molar refractivity (Wildman–Crippen MR) is 66.4 cm³/mol. The average Bonchev–Trinajstić information content (AvgIpc) is 2.37. The van der Waals surface area contributed by atoms with E-state index in [4.69, 9.17) is 5.11 Å². The lowest BCUT2D eigenvalue weighted by Gasteiger charge is -2.39. The van der Waals surface area contributed by atoms with Crippen LogP contribution in [0, 0.1) is 11.3 Å². The Morgan fingerprint density at radius 1 is 1.12 bits per heavy atom. The van der Waals surface area contributed by atoms with E-state index >= 15 is 0 Å². The lowest BCUT2D eigenvalue weighted by Crippen LogP contribution is -2.43. The minimum Gasteiger partial charge on any atom is -0.396 e. The molecule has 0 atom stereocenters. The standard InChI is InChI=1S/C13H27NO2/c1-3-13(4-2,11-16)10-14-7-5-12(9-15)6-8-14/h12,15-16H,3-11H2,1-2H3. The zero-order valence-corrected chi connectivity index (χ0v) is 10.8. The maximum atomic E-state index is 9.54. The van der Waals surface area contributed by atoms with E-state index in [1.54, 1.807) is 0 Å². The smallest absolute Gasteiger partial charge is 0.0499 e. The molecule has 0 bridgehead atoms. The summed E-state index contributed by atoms with van der Waals surface area (Å²) in [6.07, 6.45) is 4.29. The summed E-state index contributed by atoms with van der Waals surface area (Å²) < 4.78 is 0. The third kappa shape index (κ3) is 3.44. The third-order valence-corrected chi connectivity index (χ3v) is 4.36. The van der Waals surface area contributed by atoms with E-state index in [0.29, 0.717) is 19.1 Å². The van der Waals surface area contributed by atoms with Gasteiger partial charge < -0.3 is 15.1 Å². The second-order valence-corrected chi connectivity index (χ2v) is 5.27. The van der Waals surface area contributed by atoms with Crippen molar-refractivity contribution in [2.24, 2.45) is 11.3 Å². The second kappa shape index (κ2) is 6.58. The molecule has 0 saturated carbocycles. The minimum absolute atomic E-state index is 0.0893. The second-order valence-electron chi connectivity index (χ2n) is 5.27. The van der Waals surface area contributed by atoms with Gasteiger partial charge >= 0.3 is 0 Å². The van der Waals surface area contributed by atoms with Crippen LogP contribution in [0.3, 0.4) is 0 Å². The fraction of sp³-hybridized carbons (Fsp3) is 1.00. The highest BCUT2D eigenvalue weighted by atomic mass is 16.3. The quantitative estimate of drug-likeness (QED) is 0.725. The number of piperidine rings is 1. The highest BCUT2D eigenvalue weighted by Crippen LogP contribution is 2.28. The molecule has 96 valence electrons. The van der Waals surface area contributed by atoms with Gasteiger partial charge in [0, 0.05) is 25.2 Å². The van der Waals surface area contributed by atoms with Crippen molar-refractivity contribution < 1.29 is 10.2 Å². The van der Waals surface area contributed by atoms with Gasteiger partial charge in [-0.25, -0.2) is 0 Å². The Kier molecular flexibility index (Phi) is 5.73. The van der Waals surface area contributed by atoms with Crippen LogP contribution in [0.4, 0.5) is 0 Å². The average molecular weight is 229 g/mol. The van der Waals surface area contributed by atoms with Crippen LogP contribution in [-0.4, -0.2) is 48.0 Å². The van der Waals surface area contributed by atoms with Crippen molar-refractivity contribution in [1.29, 1.82) is 0 Å². The lowest BCUT2D eigenvalue weighted by molar-refractivity contribution is 0.0436. The van der Waals surface area contributed by atoms with Crippen LogP contribution < -0.4 is 0 Å².